The highest BCUT2D eigenvalue weighted by Crippen LogP contribution is 2.44. The predicted octanol–water partition coefficient (Wildman–Crippen LogP) is 3.39. The molecule has 34 heavy (non-hydrogen) atoms. The van der Waals surface area contributed by atoms with Gasteiger partial charge in [-0.15, -0.1) is 0 Å². The van der Waals surface area contributed by atoms with Crippen molar-refractivity contribution in [1.29, 1.82) is 0 Å². The van der Waals surface area contributed by atoms with Gasteiger partial charge in [0.25, 0.3) is 0 Å². The van der Waals surface area contributed by atoms with Gasteiger partial charge in [0.05, 0.1) is 18.1 Å². The zero-order valence-electron chi connectivity index (χ0n) is 19.6. The third-order valence-corrected chi connectivity index (χ3v) is 6.19. The minimum Gasteiger partial charge on any atom is -0.481 e. The van der Waals surface area contributed by atoms with Crippen LogP contribution in [0, 0.1) is 0 Å². The van der Waals surface area contributed by atoms with Crippen LogP contribution < -0.4 is 5.32 Å². The van der Waals surface area contributed by atoms with Gasteiger partial charge in [-0.25, -0.2) is 4.79 Å². The number of hydrogen-bond donors (Lipinski definition) is 2. The Morgan fingerprint density at radius 2 is 1.71 bits per heavy atom. The van der Waals surface area contributed by atoms with Crippen molar-refractivity contribution in [1.82, 2.24) is 10.2 Å². The Kier molecular flexibility index (Phi) is 6.61. The first-order valence-corrected chi connectivity index (χ1v) is 11.4. The summed E-state index contributed by atoms with van der Waals surface area (Å²) in [5.41, 5.74) is 3.79. The van der Waals surface area contributed by atoms with E-state index in [1.165, 1.54) is 0 Å². The summed E-state index contributed by atoms with van der Waals surface area (Å²) < 4.78 is 11.3. The zero-order chi connectivity index (χ0) is 24.5. The number of hydrogen-bond acceptors (Lipinski definition) is 5. The Labute approximate surface area is 198 Å². The second-order valence-corrected chi connectivity index (χ2v) is 9.53. The number of carboxylic acid groups (broad SMARTS) is 1. The van der Waals surface area contributed by atoms with E-state index in [-0.39, 0.29) is 18.6 Å². The van der Waals surface area contributed by atoms with Gasteiger partial charge in [-0.1, -0.05) is 48.5 Å². The number of morpholine rings is 1. The summed E-state index contributed by atoms with van der Waals surface area (Å²) in [6.45, 7) is 6.30. The van der Waals surface area contributed by atoms with Crippen LogP contribution in [0.1, 0.15) is 44.2 Å². The molecular formula is C26H30N2O6. The van der Waals surface area contributed by atoms with Gasteiger partial charge in [-0.2, -0.15) is 0 Å². The van der Waals surface area contributed by atoms with Gasteiger partial charge < -0.3 is 24.8 Å². The van der Waals surface area contributed by atoms with Crippen LogP contribution >= 0.6 is 0 Å². The number of fused-ring (bicyclic) bond motifs is 3. The van der Waals surface area contributed by atoms with Gasteiger partial charge in [-0.3, -0.25) is 9.59 Å². The van der Waals surface area contributed by atoms with E-state index in [1.54, 1.807) is 4.90 Å². The smallest absolute Gasteiger partial charge is 0.407 e. The van der Waals surface area contributed by atoms with E-state index in [4.69, 9.17) is 9.47 Å². The number of amides is 2. The fourth-order valence-electron chi connectivity index (χ4n) is 5.00. The number of carboxylic acids is 1. The molecule has 1 aliphatic carbocycles. The summed E-state index contributed by atoms with van der Waals surface area (Å²) in [6.07, 6.45) is -1.55. The van der Waals surface area contributed by atoms with Crippen molar-refractivity contribution in [3.63, 3.8) is 0 Å². The highest BCUT2D eigenvalue weighted by atomic mass is 16.5. The van der Waals surface area contributed by atoms with E-state index in [9.17, 15) is 19.5 Å². The van der Waals surface area contributed by atoms with Crippen LogP contribution in [0.2, 0.25) is 0 Å². The Balaban J connectivity index is 1.44. The largest absolute Gasteiger partial charge is 0.481 e. The van der Waals surface area contributed by atoms with Gasteiger partial charge in [-0.05, 0) is 43.0 Å². The Bertz CT molecular complexity index is 1050. The molecule has 0 bridgehead atoms. The standard InChI is InChI=1S/C26H30N2O6/c1-16-13-28(15-26(2,3)34-16)24(31)22(12-23(29)30)27-25(32)33-14-21-19-10-6-4-8-17(19)18-9-5-7-11-20(18)21/h4-11,16,21-22H,12-15H2,1-3H3,(H,27,32)(H,29,30). The van der Waals surface area contributed by atoms with Gasteiger partial charge in [0.15, 0.2) is 0 Å². The van der Waals surface area contributed by atoms with E-state index >= 15 is 0 Å². The van der Waals surface area contributed by atoms with Crippen LogP contribution in [0.3, 0.4) is 0 Å². The molecule has 1 saturated heterocycles. The molecule has 1 fully saturated rings. The van der Waals surface area contributed by atoms with Crippen molar-refractivity contribution >= 4 is 18.0 Å². The molecule has 2 aliphatic rings. The van der Waals surface area contributed by atoms with Crippen LogP contribution in [-0.2, 0) is 19.1 Å². The second kappa shape index (κ2) is 9.46. The van der Waals surface area contributed by atoms with Crippen molar-refractivity contribution in [3.05, 3.63) is 59.7 Å². The maximum absolute atomic E-state index is 13.1. The van der Waals surface area contributed by atoms with Crippen molar-refractivity contribution in [2.45, 2.75) is 50.9 Å². The van der Waals surface area contributed by atoms with Gasteiger partial charge in [0.1, 0.15) is 12.6 Å². The molecule has 0 aromatic heterocycles. The molecule has 2 aromatic carbocycles. The van der Waals surface area contributed by atoms with Crippen LogP contribution in [0.15, 0.2) is 48.5 Å². The van der Waals surface area contributed by atoms with E-state index in [0.29, 0.717) is 13.1 Å². The average Bonchev–Trinajstić information content (AvgIpc) is 3.09. The number of carbonyl (C=O) groups is 3. The minimum atomic E-state index is -1.23. The van der Waals surface area contributed by atoms with E-state index in [0.717, 1.165) is 22.3 Å². The Morgan fingerprint density at radius 3 is 2.26 bits per heavy atom. The third kappa shape index (κ3) is 5.07. The molecule has 2 atom stereocenters. The van der Waals surface area contributed by atoms with Gasteiger partial charge >= 0.3 is 12.1 Å². The molecule has 180 valence electrons. The molecule has 0 radical (unpaired) electrons. The first kappa shape index (κ1) is 23.8. The Morgan fingerprint density at radius 1 is 1.12 bits per heavy atom. The monoisotopic (exact) mass is 466 g/mol. The van der Waals surface area contributed by atoms with Gasteiger partial charge in [0.2, 0.25) is 5.91 Å². The van der Waals surface area contributed by atoms with E-state index in [1.807, 2.05) is 69.3 Å². The normalized spacial score (nSPS) is 19.6. The van der Waals surface area contributed by atoms with E-state index in [2.05, 4.69) is 5.32 Å². The predicted molar refractivity (Wildman–Crippen MR) is 125 cm³/mol. The maximum atomic E-state index is 13.1. The lowest BCUT2D eigenvalue weighted by atomic mass is 9.98. The molecular weight excluding hydrogens is 436 g/mol. The highest BCUT2D eigenvalue weighted by molar-refractivity contribution is 5.89. The number of nitrogens with one attached hydrogen (secondary N) is 1. The lowest BCUT2D eigenvalue weighted by molar-refractivity contribution is -0.161. The third-order valence-electron chi connectivity index (χ3n) is 6.19. The van der Waals surface area contributed by atoms with Gasteiger partial charge in [0, 0.05) is 19.0 Å². The highest BCUT2D eigenvalue weighted by Gasteiger charge is 2.38. The molecule has 8 heteroatoms. The van der Waals surface area contributed by atoms with Crippen molar-refractivity contribution in [2.24, 2.45) is 0 Å². The average molecular weight is 467 g/mol. The molecule has 4 rings (SSSR count). The molecule has 2 aromatic rings. The molecule has 1 heterocycles. The van der Waals surface area contributed by atoms with Crippen LogP contribution in [0.5, 0.6) is 0 Å². The summed E-state index contributed by atoms with van der Waals surface area (Å²) >= 11 is 0. The first-order chi connectivity index (χ1) is 16.1. The molecule has 2 unspecified atom stereocenters. The van der Waals surface area contributed by atoms with Crippen LogP contribution in [0.25, 0.3) is 11.1 Å². The fourth-order valence-corrected chi connectivity index (χ4v) is 5.00. The summed E-state index contributed by atoms with van der Waals surface area (Å²) in [7, 11) is 0. The van der Waals surface area contributed by atoms with Crippen molar-refractivity contribution in [3.8, 4) is 11.1 Å². The Hall–Kier alpha value is -3.39. The first-order valence-electron chi connectivity index (χ1n) is 11.4. The second-order valence-electron chi connectivity index (χ2n) is 9.53. The summed E-state index contributed by atoms with van der Waals surface area (Å²) in [5, 5.41) is 11.8. The number of aliphatic carboxylic acids is 1. The molecule has 8 nitrogen and oxygen atoms in total. The topological polar surface area (TPSA) is 105 Å². The number of benzene rings is 2. The SMILES string of the molecule is CC1CN(C(=O)C(CC(=O)O)NC(=O)OCC2c3ccccc3-c3ccccc32)CC(C)(C)O1. The van der Waals surface area contributed by atoms with E-state index < -0.39 is 36.0 Å². The van der Waals surface area contributed by atoms with Crippen molar-refractivity contribution < 1.29 is 29.0 Å². The van der Waals surface area contributed by atoms with Crippen LogP contribution in [-0.4, -0.2) is 65.4 Å². The molecule has 0 saturated carbocycles. The van der Waals surface area contributed by atoms with Crippen molar-refractivity contribution in [2.75, 3.05) is 19.7 Å². The molecule has 0 spiro atoms. The molecule has 2 N–H and O–H groups in total. The summed E-state index contributed by atoms with van der Waals surface area (Å²) in [5.74, 6) is -1.77. The molecule has 2 amide bonds. The number of alkyl carbamates (subject to hydrolysis) is 1. The lowest BCUT2D eigenvalue weighted by Gasteiger charge is -2.42. The summed E-state index contributed by atoms with van der Waals surface area (Å²) in [4.78, 5) is 38.8. The summed E-state index contributed by atoms with van der Waals surface area (Å²) in [6, 6.07) is 14.7. The number of rotatable bonds is 6. The minimum absolute atomic E-state index is 0.0788. The number of ether oxygens (including phenoxy) is 2. The fraction of sp³-hybridized carbons (Fsp3) is 0.423. The maximum Gasteiger partial charge on any atom is 0.407 e. The lowest BCUT2D eigenvalue weighted by Crippen LogP contribution is -2.58. The quantitative estimate of drug-likeness (QED) is 0.676. The number of carbonyl (C=O) groups excluding carboxylic acids is 2. The molecule has 1 aliphatic heterocycles. The van der Waals surface area contributed by atoms with Crippen LogP contribution in [0.4, 0.5) is 4.79 Å². The number of nitrogens with zero attached hydrogens (tertiary/aromatic N) is 1. The zero-order valence-corrected chi connectivity index (χ0v) is 19.6.